The molecule has 0 saturated carbocycles. The van der Waals surface area contributed by atoms with Crippen molar-refractivity contribution in [3.8, 4) is 0 Å². The normalized spacial score (nSPS) is 19.8. The van der Waals surface area contributed by atoms with Gasteiger partial charge in [0.05, 0.1) is 72.7 Å². The van der Waals surface area contributed by atoms with E-state index >= 15 is 0 Å². The first-order valence-corrected chi connectivity index (χ1v) is 23.0. The summed E-state index contributed by atoms with van der Waals surface area (Å²) in [6.07, 6.45) is -7.01. The minimum atomic E-state index is -4.74. The Hall–Kier alpha value is -4.19. The largest absolute Gasteiger partial charge is 0.472 e. The van der Waals surface area contributed by atoms with Crippen LogP contribution in [-0.2, 0) is 84.5 Å². The number of benzene rings is 5. The average Bonchev–Trinajstić information content (AvgIpc) is 3.65. The van der Waals surface area contributed by atoms with Crippen molar-refractivity contribution >= 4 is 7.82 Å². The molecule has 1 saturated heterocycles. The Morgan fingerprint density at radius 1 is 0.562 bits per heavy atom. The molecule has 1 aliphatic rings. The van der Waals surface area contributed by atoms with Crippen LogP contribution in [0.1, 0.15) is 27.8 Å². The number of aliphatic hydroxyl groups is 1. The van der Waals surface area contributed by atoms with Crippen molar-refractivity contribution in [3.05, 3.63) is 179 Å². The van der Waals surface area contributed by atoms with Crippen LogP contribution in [0, 0.1) is 0 Å². The molecule has 344 valence electrons. The first-order chi connectivity index (χ1) is 31.4. The molecule has 64 heavy (non-hydrogen) atoms. The standard InChI is InChI=1S/C49H60NO13P/c50-26-27-54-28-29-61-64(52,53)63-47-45(36-55-31-38-16-6-1-7-17-38)62-49(48(47)59-35-42-24-14-5-15-25-42)60-37-44(57-33-40-20-10-3-11-21-40)46(58-34-41-22-12-4-13-23-41)43(30-51)56-32-39-18-8-2-9-19-39/h1-25,43-49,51H,26-37,50H2,(H,52,53). The van der Waals surface area contributed by atoms with Crippen molar-refractivity contribution < 1.29 is 61.5 Å². The molecule has 8 atom stereocenters. The Morgan fingerprint density at radius 3 is 1.56 bits per heavy atom. The fourth-order valence-corrected chi connectivity index (χ4v) is 7.86. The van der Waals surface area contributed by atoms with Gasteiger partial charge in [0.25, 0.3) is 0 Å². The topological polar surface area (TPSA) is 176 Å². The van der Waals surface area contributed by atoms with E-state index in [2.05, 4.69) is 0 Å². The fraction of sp³-hybridized carbons (Fsp3) is 0.388. The summed E-state index contributed by atoms with van der Waals surface area (Å²) in [5, 5.41) is 10.9. The molecule has 6 rings (SSSR count). The van der Waals surface area contributed by atoms with Crippen LogP contribution in [0.4, 0.5) is 0 Å². The lowest BCUT2D eigenvalue weighted by molar-refractivity contribution is -0.222. The molecule has 1 fully saturated rings. The first kappa shape index (κ1) is 49.2. The van der Waals surface area contributed by atoms with Crippen molar-refractivity contribution in [2.24, 2.45) is 5.73 Å². The molecule has 0 amide bonds. The minimum absolute atomic E-state index is 0.0251. The summed E-state index contributed by atoms with van der Waals surface area (Å²) in [5.41, 5.74) is 10.00. The van der Waals surface area contributed by atoms with E-state index in [1.54, 1.807) is 0 Å². The number of hydrogen-bond acceptors (Lipinski definition) is 13. The van der Waals surface area contributed by atoms with Gasteiger partial charge in [-0.3, -0.25) is 9.05 Å². The molecule has 0 bridgehead atoms. The monoisotopic (exact) mass is 901 g/mol. The van der Waals surface area contributed by atoms with Crippen LogP contribution in [0.25, 0.3) is 0 Å². The van der Waals surface area contributed by atoms with Gasteiger partial charge in [-0.1, -0.05) is 152 Å². The van der Waals surface area contributed by atoms with Gasteiger partial charge in [-0.05, 0) is 27.8 Å². The fourth-order valence-electron chi connectivity index (χ4n) is 6.93. The van der Waals surface area contributed by atoms with Crippen LogP contribution in [0.3, 0.4) is 0 Å². The lowest BCUT2D eigenvalue weighted by Gasteiger charge is -2.34. The molecular weight excluding hydrogens is 842 g/mol. The summed E-state index contributed by atoms with van der Waals surface area (Å²) in [7, 11) is -4.74. The highest BCUT2D eigenvalue weighted by Gasteiger charge is 2.51. The number of aliphatic hydroxyl groups excluding tert-OH is 1. The molecule has 5 aromatic rings. The summed E-state index contributed by atoms with van der Waals surface area (Å²) in [6, 6.07) is 48.0. The maximum absolute atomic E-state index is 13.6. The maximum atomic E-state index is 13.6. The van der Waals surface area contributed by atoms with Gasteiger partial charge in [-0.25, -0.2) is 4.57 Å². The van der Waals surface area contributed by atoms with Gasteiger partial charge in [0.15, 0.2) is 6.29 Å². The van der Waals surface area contributed by atoms with Gasteiger partial charge in [0, 0.05) is 6.54 Å². The zero-order valence-electron chi connectivity index (χ0n) is 35.9. The van der Waals surface area contributed by atoms with Gasteiger partial charge in [-0.15, -0.1) is 0 Å². The third-order valence-corrected chi connectivity index (χ3v) is 11.2. The van der Waals surface area contributed by atoms with Gasteiger partial charge in [0.1, 0.15) is 36.6 Å². The van der Waals surface area contributed by atoms with Gasteiger partial charge >= 0.3 is 7.82 Å². The second-order valence-corrected chi connectivity index (χ2v) is 16.4. The smallest absolute Gasteiger partial charge is 0.394 e. The van der Waals surface area contributed by atoms with E-state index < -0.39 is 50.7 Å². The van der Waals surface area contributed by atoms with Crippen molar-refractivity contribution in [1.82, 2.24) is 0 Å². The second-order valence-electron chi connectivity index (χ2n) is 15.0. The highest BCUT2D eigenvalue weighted by molar-refractivity contribution is 7.47. The van der Waals surface area contributed by atoms with Gasteiger partial charge in [-0.2, -0.15) is 0 Å². The van der Waals surface area contributed by atoms with Crippen LogP contribution in [0.2, 0.25) is 0 Å². The molecule has 1 heterocycles. The Kier molecular flexibility index (Phi) is 21.0. The number of hydrogen-bond donors (Lipinski definition) is 3. The molecule has 15 heteroatoms. The molecule has 4 N–H and O–H groups in total. The van der Waals surface area contributed by atoms with Crippen LogP contribution in [0.5, 0.6) is 0 Å². The molecule has 8 unspecified atom stereocenters. The summed E-state index contributed by atoms with van der Waals surface area (Å²) in [4.78, 5) is 11.0. The Labute approximate surface area is 375 Å². The molecular formula is C49H60NO13P. The van der Waals surface area contributed by atoms with Crippen LogP contribution >= 0.6 is 7.82 Å². The van der Waals surface area contributed by atoms with Crippen molar-refractivity contribution in [2.75, 3.05) is 46.2 Å². The summed E-state index contributed by atoms with van der Waals surface area (Å²) in [6.45, 7) is 0.654. The zero-order chi connectivity index (χ0) is 44.7. The number of ether oxygens (including phenoxy) is 8. The summed E-state index contributed by atoms with van der Waals surface area (Å²) >= 11 is 0. The van der Waals surface area contributed by atoms with E-state index in [1.165, 1.54) is 0 Å². The molecule has 1 aliphatic heterocycles. The number of phosphoric acid groups is 1. The third-order valence-electron chi connectivity index (χ3n) is 10.2. The van der Waals surface area contributed by atoms with Crippen molar-refractivity contribution in [1.29, 1.82) is 0 Å². The summed E-state index contributed by atoms with van der Waals surface area (Å²) in [5.74, 6) is 0. The number of rotatable bonds is 30. The lowest BCUT2D eigenvalue weighted by Crippen LogP contribution is -2.48. The highest BCUT2D eigenvalue weighted by atomic mass is 31.2. The highest BCUT2D eigenvalue weighted by Crippen LogP contribution is 2.48. The van der Waals surface area contributed by atoms with E-state index in [4.69, 9.17) is 52.7 Å². The van der Waals surface area contributed by atoms with Gasteiger partial charge in [0.2, 0.25) is 0 Å². The zero-order valence-corrected chi connectivity index (χ0v) is 36.8. The molecule has 0 aliphatic carbocycles. The van der Waals surface area contributed by atoms with Crippen LogP contribution < -0.4 is 5.73 Å². The average molecular weight is 902 g/mol. The Morgan fingerprint density at radius 2 is 1.05 bits per heavy atom. The number of nitrogens with two attached hydrogens (primary N) is 1. The minimum Gasteiger partial charge on any atom is -0.394 e. The van der Waals surface area contributed by atoms with E-state index in [-0.39, 0.29) is 72.7 Å². The SMILES string of the molecule is NCCOCCOP(=O)(O)OC1C(COCc2ccccc2)OC(OCC(OCc2ccccc2)C(OCc2ccccc2)C(CO)OCc2ccccc2)C1OCc1ccccc1. The van der Waals surface area contributed by atoms with E-state index in [1.807, 2.05) is 152 Å². The lowest BCUT2D eigenvalue weighted by atomic mass is 10.1. The van der Waals surface area contributed by atoms with Gasteiger partial charge < -0.3 is 53.6 Å². The molecule has 14 nitrogen and oxygen atoms in total. The molecule has 0 spiro atoms. The van der Waals surface area contributed by atoms with Crippen LogP contribution in [-0.4, -0.2) is 99.1 Å². The van der Waals surface area contributed by atoms with Crippen molar-refractivity contribution in [3.63, 3.8) is 0 Å². The molecule has 5 aromatic carbocycles. The van der Waals surface area contributed by atoms with Crippen molar-refractivity contribution in [2.45, 2.75) is 75.9 Å². The second kappa shape index (κ2) is 27.3. The quantitative estimate of drug-likeness (QED) is 0.0326. The third kappa shape index (κ3) is 16.7. The predicted molar refractivity (Wildman–Crippen MR) is 238 cm³/mol. The first-order valence-electron chi connectivity index (χ1n) is 21.5. The van der Waals surface area contributed by atoms with E-state index in [9.17, 15) is 14.6 Å². The Bertz CT molecular complexity index is 2020. The van der Waals surface area contributed by atoms with E-state index in [0.717, 1.165) is 27.8 Å². The molecule has 0 aromatic heterocycles. The Balaban J connectivity index is 1.28. The predicted octanol–water partition coefficient (Wildman–Crippen LogP) is 6.76. The number of phosphoric ester groups is 1. The summed E-state index contributed by atoms with van der Waals surface area (Å²) < 4.78 is 75.6. The van der Waals surface area contributed by atoms with Crippen LogP contribution in [0.15, 0.2) is 152 Å². The molecule has 0 radical (unpaired) electrons. The van der Waals surface area contributed by atoms with E-state index in [0.29, 0.717) is 6.54 Å². The maximum Gasteiger partial charge on any atom is 0.472 e.